The molecule has 0 fully saturated rings. The molecule has 3 rings (SSSR count). The largest absolute Gasteiger partial charge is 0.417 e. The van der Waals surface area contributed by atoms with Gasteiger partial charge in [-0.25, -0.2) is 0 Å². The molecule has 2 nitrogen and oxygen atoms in total. The molecule has 2 aromatic carbocycles. The van der Waals surface area contributed by atoms with Crippen LogP contribution in [0.4, 0.5) is 13.2 Å². The summed E-state index contributed by atoms with van der Waals surface area (Å²) in [5.74, 6) is -0.540. The maximum absolute atomic E-state index is 13.8. The molecule has 0 aliphatic carbocycles. The molecule has 29 heavy (non-hydrogen) atoms. The Labute approximate surface area is 172 Å². The molecule has 152 valence electrons. The van der Waals surface area contributed by atoms with Crippen LogP contribution in [0, 0.1) is 6.92 Å². The number of carbonyl (C=O) groups is 1. The van der Waals surface area contributed by atoms with Crippen molar-refractivity contribution in [3.8, 4) is 11.1 Å². The lowest BCUT2D eigenvalue weighted by Crippen LogP contribution is -2.12. The van der Waals surface area contributed by atoms with Gasteiger partial charge in [-0.15, -0.1) is 11.3 Å². The van der Waals surface area contributed by atoms with Gasteiger partial charge in [0.05, 0.1) is 17.0 Å². The van der Waals surface area contributed by atoms with Gasteiger partial charge in [0.2, 0.25) is 0 Å². The van der Waals surface area contributed by atoms with Gasteiger partial charge in [-0.2, -0.15) is 13.2 Å². The number of carbonyl (C=O) groups excluding carboxylic acids is 1. The van der Waals surface area contributed by atoms with Crippen molar-refractivity contribution < 1.29 is 18.0 Å². The van der Waals surface area contributed by atoms with Crippen LogP contribution in [0.2, 0.25) is 0 Å². The fourth-order valence-electron chi connectivity index (χ4n) is 3.39. The molecule has 3 aromatic rings. The first-order valence-corrected chi connectivity index (χ1v) is 10.2. The molecule has 0 spiro atoms. The summed E-state index contributed by atoms with van der Waals surface area (Å²) in [6.45, 7) is 7.22. The first-order chi connectivity index (χ1) is 13.6. The van der Waals surface area contributed by atoms with Crippen LogP contribution >= 0.6 is 11.3 Å². The summed E-state index contributed by atoms with van der Waals surface area (Å²) >= 11 is 1.39. The summed E-state index contributed by atoms with van der Waals surface area (Å²) in [6.07, 6.45) is -2.83. The van der Waals surface area contributed by atoms with Crippen LogP contribution in [-0.2, 0) is 6.18 Å². The normalized spacial score (nSPS) is 13.0. The van der Waals surface area contributed by atoms with Crippen molar-refractivity contribution in [2.24, 2.45) is 0 Å². The number of alkyl halides is 3. The monoisotopic (exact) mass is 417 g/mol. The number of aromatic nitrogens is 1. The Hall–Kier alpha value is -2.47. The minimum atomic E-state index is -4.48. The summed E-state index contributed by atoms with van der Waals surface area (Å²) < 4.78 is 41.4. The zero-order valence-corrected chi connectivity index (χ0v) is 17.5. The van der Waals surface area contributed by atoms with Gasteiger partial charge < -0.3 is 0 Å². The standard InChI is InChI=1S/C23H22F3NOS/c1-13(2)16-8-9-19(20(10-16)23(24,25)26)17-6-5-7-18(14(17)3)22(28)15(4)21-11-27-12-29-21/h5-13,15H,1-4H3. The van der Waals surface area contributed by atoms with Gasteiger partial charge in [0, 0.05) is 16.6 Å². The van der Waals surface area contributed by atoms with E-state index in [1.807, 2.05) is 13.8 Å². The van der Waals surface area contributed by atoms with Crippen molar-refractivity contribution in [1.29, 1.82) is 0 Å². The minimum Gasteiger partial charge on any atom is -0.293 e. The molecule has 0 amide bonds. The minimum absolute atomic E-state index is 0.0144. The van der Waals surface area contributed by atoms with E-state index in [4.69, 9.17) is 0 Å². The van der Waals surface area contributed by atoms with Gasteiger partial charge in [0.25, 0.3) is 0 Å². The smallest absolute Gasteiger partial charge is 0.293 e. The molecule has 1 unspecified atom stereocenters. The molecule has 0 saturated heterocycles. The van der Waals surface area contributed by atoms with Gasteiger partial charge in [0.15, 0.2) is 5.78 Å². The Bertz CT molecular complexity index is 1020. The SMILES string of the molecule is Cc1c(C(=O)C(C)c2cncs2)cccc1-c1ccc(C(C)C)cc1C(F)(F)F. The molecule has 1 heterocycles. The molecule has 0 N–H and O–H groups in total. The fourth-order valence-corrected chi connectivity index (χ4v) is 4.06. The van der Waals surface area contributed by atoms with Crippen molar-refractivity contribution in [1.82, 2.24) is 4.98 Å². The number of Topliss-reactive ketones (excluding diaryl/α,β-unsaturated/α-hetero) is 1. The number of thiazole rings is 1. The van der Waals surface area contributed by atoms with Crippen molar-refractivity contribution in [3.05, 3.63) is 75.2 Å². The summed E-state index contributed by atoms with van der Waals surface area (Å²) in [7, 11) is 0. The molecule has 0 bridgehead atoms. The van der Waals surface area contributed by atoms with E-state index in [2.05, 4.69) is 4.98 Å². The highest BCUT2D eigenvalue weighted by Gasteiger charge is 2.35. The van der Waals surface area contributed by atoms with Crippen LogP contribution in [0.1, 0.15) is 64.5 Å². The van der Waals surface area contributed by atoms with Crippen LogP contribution < -0.4 is 0 Å². The topological polar surface area (TPSA) is 30.0 Å². The lowest BCUT2D eigenvalue weighted by Gasteiger charge is -2.19. The highest BCUT2D eigenvalue weighted by molar-refractivity contribution is 7.09. The summed E-state index contributed by atoms with van der Waals surface area (Å²) in [5.41, 5.74) is 3.13. The number of nitrogens with zero attached hydrogens (tertiary/aromatic N) is 1. The van der Waals surface area contributed by atoms with Gasteiger partial charge in [-0.3, -0.25) is 9.78 Å². The quantitative estimate of drug-likeness (QED) is 0.409. The van der Waals surface area contributed by atoms with Gasteiger partial charge >= 0.3 is 6.18 Å². The third-order valence-electron chi connectivity index (χ3n) is 5.18. The van der Waals surface area contributed by atoms with Crippen LogP contribution in [0.3, 0.4) is 0 Å². The van der Waals surface area contributed by atoms with Gasteiger partial charge in [-0.05, 0) is 41.2 Å². The molecular weight excluding hydrogens is 395 g/mol. The maximum Gasteiger partial charge on any atom is 0.417 e. The second-order valence-electron chi connectivity index (χ2n) is 7.43. The van der Waals surface area contributed by atoms with E-state index in [9.17, 15) is 18.0 Å². The Kier molecular flexibility index (Phi) is 5.94. The van der Waals surface area contributed by atoms with Gasteiger partial charge in [0.1, 0.15) is 0 Å². The van der Waals surface area contributed by atoms with Crippen LogP contribution in [0.5, 0.6) is 0 Å². The number of hydrogen-bond donors (Lipinski definition) is 0. The van der Waals surface area contributed by atoms with E-state index >= 15 is 0 Å². The lowest BCUT2D eigenvalue weighted by molar-refractivity contribution is -0.137. The van der Waals surface area contributed by atoms with Crippen molar-refractivity contribution in [2.45, 2.75) is 45.7 Å². The van der Waals surface area contributed by atoms with E-state index in [1.54, 1.807) is 49.8 Å². The molecular formula is C23H22F3NOS. The average Bonchev–Trinajstić information content (AvgIpc) is 3.20. The highest BCUT2D eigenvalue weighted by Crippen LogP contribution is 2.40. The van der Waals surface area contributed by atoms with Gasteiger partial charge in [-0.1, -0.05) is 51.1 Å². The Morgan fingerprint density at radius 3 is 2.38 bits per heavy atom. The number of ketones is 1. The summed E-state index contributed by atoms with van der Waals surface area (Å²) in [6, 6.07) is 9.42. The maximum atomic E-state index is 13.8. The molecule has 0 aliphatic rings. The number of hydrogen-bond acceptors (Lipinski definition) is 3. The number of rotatable bonds is 5. The zero-order valence-electron chi connectivity index (χ0n) is 16.7. The van der Waals surface area contributed by atoms with Crippen molar-refractivity contribution >= 4 is 17.1 Å². The Balaban J connectivity index is 2.12. The zero-order chi connectivity index (χ0) is 21.3. The van der Waals surface area contributed by atoms with E-state index < -0.39 is 17.7 Å². The number of benzene rings is 2. The van der Waals surface area contributed by atoms with Crippen molar-refractivity contribution in [2.75, 3.05) is 0 Å². The molecule has 1 atom stereocenters. The number of halogens is 3. The Morgan fingerprint density at radius 2 is 1.79 bits per heavy atom. The predicted molar refractivity (Wildman–Crippen MR) is 111 cm³/mol. The molecule has 6 heteroatoms. The lowest BCUT2D eigenvalue weighted by atomic mass is 9.87. The van der Waals surface area contributed by atoms with E-state index in [0.717, 1.165) is 4.88 Å². The van der Waals surface area contributed by atoms with Crippen molar-refractivity contribution in [3.63, 3.8) is 0 Å². The van der Waals surface area contributed by atoms with E-state index in [1.165, 1.54) is 23.5 Å². The third-order valence-corrected chi connectivity index (χ3v) is 6.13. The molecule has 1 aromatic heterocycles. The highest BCUT2D eigenvalue weighted by atomic mass is 32.1. The average molecular weight is 417 g/mol. The van der Waals surface area contributed by atoms with Crippen LogP contribution in [0.25, 0.3) is 11.1 Å². The molecule has 0 saturated carbocycles. The predicted octanol–water partition coefficient (Wildman–Crippen LogP) is 7.25. The first kappa shape index (κ1) is 21.2. The fraction of sp³-hybridized carbons (Fsp3) is 0.304. The van der Waals surface area contributed by atoms with Crippen LogP contribution in [-0.4, -0.2) is 10.8 Å². The third kappa shape index (κ3) is 4.27. The summed E-state index contributed by atoms with van der Waals surface area (Å²) in [4.78, 5) is 17.9. The molecule has 0 radical (unpaired) electrons. The van der Waals surface area contributed by atoms with E-state index in [-0.39, 0.29) is 17.3 Å². The second kappa shape index (κ2) is 8.11. The second-order valence-corrected chi connectivity index (χ2v) is 8.34. The Morgan fingerprint density at radius 1 is 1.07 bits per heavy atom. The summed E-state index contributed by atoms with van der Waals surface area (Å²) in [5, 5.41) is 0. The van der Waals surface area contributed by atoms with Crippen LogP contribution in [0.15, 0.2) is 48.1 Å². The molecule has 0 aliphatic heterocycles. The van der Waals surface area contributed by atoms with E-state index in [0.29, 0.717) is 22.3 Å². The first-order valence-electron chi connectivity index (χ1n) is 9.35.